The predicted molar refractivity (Wildman–Crippen MR) is 38.6 cm³/mol. The number of nitrogens with two attached hydrogens (primary N) is 1. The Morgan fingerprint density at radius 1 is 1.90 bits per heavy atom. The Balaban J connectivity index is 2.76. The summed E-state index contributed by atoms with van der Waals surface area (Å²) in [6.07, 6.45) is 1.56. The summed E-state index contributed by atoms with van der Waals surface area (Å²) in [6.45, 7) is 0. The first-order valence-corrected chi connectivity index (χ1v) is 2.93. The van der Waals surface area contributed by atoms with Gasteiger partial charge < -0.3 is 5.73 Å². The fraction of sp³-hybridized carbons (Fsp3) is 0. The molecule has 0 fully saturated rings. The van der Waals surface area contributed by atoms with E-state index < -0.39 is 6.03 Å². The third kappa shape index (κ3) is 1.59. The Labute approximate surface area is 61.8 Å². The van der Waals surface area contributed by atoms with Crippen molar-refractivity contribution in [2.45, 2.75) is 0 Å². The van der Waals surface area contributed by atoms with Crippen molar-refractivity contribution in [2.75, 3.05) is 5.43 Å². The summed E-state index contributed by atoms with van der Waals surface area (Å²) in [7, 11) is 0. The highest BCUT2D eigenvalue weighted by Crippen LogP contribution is 1.83. The molecule has 0 unspecified atom stereocenters. The van der Waals surface area contributed by atoms with Gasteiger partial charge in [-0.3, -0.25) is 5.10 Å². The van der Waals surface area contributed by atoms with E-state index in [1.54, 1.807) is 12.3 Å². The molecule has 10 heavy (non-hydrogen) atoms. The SMILES string of the molecule is NC(=O)Nn1ccc(=S)[nH]1. The number of H-pyrrole nitrogens is 1. The van der Waals surface area contributed by atoms with Crippen molar-refractivity contribution in [3.8, 4) is 0 Å². The fourth-order valence-corrected chi connectivity index (χ4v) is 0.679. The Hall–Kier alpha value is -1.30. The average molecular weight is 158 g/mol. The van der Waals surface area contributed by atoms with E-state index in [-0.39, 0.29) is 0 Å². The molecular weight excluding hydrogens is 152 g/mol. The van der Waals surface area contributed by atoms with Gasteiger partial charge in [-0.2, -0.15) is 0 Å². The number of carbonyl (C=O) groups excluding carboxylic acids is 1. The molecule has 54 valence electrons. The lowest BCUT2D eigenvalue weighted by atomic mass is 10.8. The van der Waals surface area contributed by atoms with Crippen LogP contribution in [-0.4, -0.2) is 15.9 Å². The molecule has 0 saturated carbocycles. The summed E-state index contributed by atoms with van der Waals surface area (Å²) < 4.78 is 0.536. The van der Waals surface area contributed by atoms with Gasteiger partial charge in [0.2, 0.25) is 0 Å². The number of hydrogen-bond donors (Lipinski definition) is 3. The Bertz CT molecular complexity index is 287. The molecule has 1 aromatic rings. The number of hydrogen-bond acceptors (Lipinski definition) is 2. The van der Waals surface area contributed by atoms with Crippen LogP contribution in [0.5, 0.6) is 0 Å². The first-order chi connectivity index (χ1) is 4.68. The highest BCUT2D eigenvalue weighted by Gasteiger charge is 1.90. The lowest BCUT2D eigenvalue weighted by Gasteiger charge is -1.98. The molecule has 0 radical (unpaired) electrons. The quantitative estimate of drug-likeness (QED) is 0.509. The largest absolute Gasteiger partial charge is 0.350 e. The summed E-state index contributed by atoms with van der Waals surface area (Å²) >= 11 is 4.72. The van der Waals surface area contributed by atoms with Crippen molar-refractivity contribution in [1.82, 2.24) is 9.89 Å². The van der Waals surface area contributed by atoms with Gasteiger partial charge in [0, 0.05) is 6.20 Å². The highest BCUT2D eigenvalue weighted by molar-refractivity contribution is 7.71. The van der Waals surface area contributed by atoms with Crippen LogP contribution in [0.2, 0.25) is 0 Å². The standard InChI is InChI=1S/C4H6N4OS/c5-4(9)7-8-2-1-3(10)6-8/h1-2H,(H,6,10)(H3,5,7,9). The second-order valence-corrected chi connectivity index (χ2v) is 2.08. The van der Waals surface area contributed by atoms with Gasteiger partial charge in [-0.05, 0) is 6.07 Å². The van der Waals surface area contributed by atoms with E-state index in [1.165, 1.54) is 4.79 Å². The topological polar surface area (TPSA) is 75.8 Å². The lowest BCUT2D eigenvalue weighted by molar-refractivity contribution is 0.256. The van der Waals surface area contributed by atoms with Crippen LogP contribution in [0.4, 0.5) is 4.79 Å². The van der Waals surface area contributed by atoms with Gasteiger partial charge in [-0.15, -0.1) is 0 Å². The van der Waals surface area contributed by atoms with Crippen molar-refractivity contribution in [1.29, 1.82) is 0 Å². The summed E-state index contributed by atoms with van der Waals surface area (Å²) in [5.74, 6) is 0. The molecular formula is C4H6N4OS. The molecule has 0 aliphatic carbocycles. The van der Waals surface area contributed by atoms with Crippen LogP contribution in [0, 0.1) is 4.64 Å². The van der Waals surface area contributed by atoms with Crippen LogP contribution in [0.25, 0.3) is 0 Å². The minimum absolute atomic E-state index is 0.536. The molecule has 0 aromatic carbocycles. The van der Waals surface area contributed by atoms with Crippen molar-refractivity contribution < 1.29 is 4.79 Å². The third-order valence-corrected chi connectivity index (χ3v) is 1.06. The number of amides is 2. The Morgan fingerprint density at radius 2 is 2.60 bits per heavy atom. The smallest absolute Gasteiger partial charge is 0.332 e. The van der Waals surface area contributed by atoms with Crippen molar-refractivity contribution >= 4 is 18.2 Å². The summed E-state index contributed by atoms with van der Waals surface area (Å²) in [5.41, 5.74) is 7.07. The van der Waals surface area contributed by atoms with Crippen LogP contribution in [0.1, 0.15) is 0 Å². The fourth-order valence-electron chi connectivity index (χ4n) is 0.519. The van der Waals surface area contributed by atoms with Crippen LogP contribution in [0.15, 0.2) is 12.3 Å². The highest BCUT2D eigenvalue weighted by atomic mass is 32.1. The molecule has 1 rings (SSSR count). The number of nitrogens with zero attached hydrogens (tertiary/aromatic N) is 1. The molecule has 0 spiro atoms. The van der Waals surface area contributed by atoms with Gasteiger partial charge in [0.05, 0.1) is 0 Å². The molecule has 5 nitrogen and oxygen atoms in total. The first kappa shape index (κ1) is 6.81. The molecule has 0 atom stereocenters. The van der Waals surface area contributed by atoms with Crippen LogP contribution < -0.4 is 11.2 Å². The molecule has 0 saturated heterocycles. The van der Waals surface area contributed by atoms with Gasteiger partial charge in [0.25, 0.3) is 0 Å². The Kier molecular flexibility index (Phi) is 1.72. The minimum Gasteiger partial charge on any atom is -0.350 e. The number of rotatable bonds is 1. The minimum atomic E-state index is -0.637. The van der Waals surface area contributed by atoms with Crippen molar-refractivity contribution in [3.63, 3.8) is 0 Å². The third-order valence-electron chi connectivity index (χ3n) is 0.836. The maximum Gasteiger partial charge on any atom is 0.332 e. The number of urea groups is 1. The Morgan fingerprint density at radius 3 is 3.00 bits per heavy atom. The number of primary amides is 1. The zero-order valence-electron chi connectivity index (χ0n) is 5.00. The van der Waals surface area contributed by atoms with Crippen LogP contribution in [0.3, 0.4) is 0 Å². The number of aromatic amines is 1. The molecule has 0 aliphatic heterocycles. The van der Waals surface area contributed by atoms with E-state index in [9.17, 15) is 4.79 Å². The summed E-state index contributed by atoms with van der Waals surface area (Å²) in [6, 6.07) is 0.993. The number of aromatic nitrogens is 2. The van der Waals surface area contributed by atoms with Gasteiger partial charge in [-0.25, -0.2) is 15.0 Å². The summed E-state index contributed by atoms with van der Waals surface area (Å²) in [5, 5.41) is 2.63. The molecule has 4 N–H and O–H groups in total. The molecule has 2 amide bonds. The van der Waals surface area contributed by atoms with Gasteiger partial charge >= 0.3 is 6.03 Å². The van der Waals surface area contributed by atoms with Crippen LogP contribution in [-0.2, 0) is 0 Å². The maximum absolute atomic E-state index is 10.2. The van der Waals surface area contributed by atoms with E-state index in [2.05, 4.69) is 10.5 Å². The maximum atomic E-state index is 10.2. The zero-order valence-corrected chi connectivity index (χ0v) is 5.81. The van der Waals surface area contributed by atoms with E-state index in [0.717, 1.165) is 0 Å². The molecule has 1 aromatic heterocycles. The van der Waals surface area contributed by atoms with Crippen molar-refractivity contribution in [2.24, 2.45) is 5.73 Å². The second kappa shape index (κ2) is 2.53. The van der Waals surface area contributed by atoms with E-state index in [1.807, 2.05) is 0 Å². The normalized spacial score (nSPS) is 9.20. The molecule has 1 heterocycles. The van der Waals surface area contributed by atoms with E-state index in [4.69, 9.17) is 18.0 Å². The number of carbonyl (C=O) groups is 1. The predicted octanol–water partition coefficient (Wildman–Crippen LogP) is 0.168. The number of nitrogens with one attached hydrogen (secondary N) is 2. The van der Waals surface area contributed by atoms with Crippen molar-refractivity contribution in [3.05, 3.63) is 16.9 Å². The molecule has 0 bridgehead atoms. The van der Waals surface area contributed by atoms with E-state index >= 15 is 0 Å². The molecule has 6 heteroatoms. The van der Waals surface area contributed by atoms with Gasteiger partial charge in [0.1, 0.15) is 4.64 Å². The lowest BCUT2D eigenvalue weighted by Crippen LogP contribution is -2.28. The first-order valence-electron chi connectivity index (χ1n) is 2.52. The average Bonchev–Trinajstić information content (AvgIpc) is 2.13. The molecule has 0 aliphatic rings. The monoisotopic (exact) mass is 158 g/mol. The zero-order chi connectivity index (χ0) is 7.56. The second-order valence-electron chi connectivity index (χ2n) is 1.64. The van der Waals surface area contributed by atoms with Gasteiger partial charge in [-0.1, -0.05) is 12.2 Å². The van der Waals surface area contributed by atoms with Crippen LogP contribution >= 0.6 is 12.2 Å². The van der Waals surface area contributed by atoms with Gasteiger partial charge in [0.15, 0.2) is 0 Å². The summed E-state index contributed by atoms with van der Waals surface area (Å²) in [4.78, 5) is 11.5. The van der Waals surface area contributed by atoms with E-state index in [0.29, 0.717) is 4.64 Å².